The fraction of sp³-hybridized carbons (Fsp3) is 0.895. The molecule has 0 aromatic rings. The molecule has 0 saturated carbocycles. The Morgan fingerprint density at radius 2 is 2.00 bits per heavy atom. The predicted molar refractivity (Wildman–Crippen MR) is 122 cm³/mol. The number of hydrogen-bond acceptors (Lipinski definition) is 5. The van der Waals surface area contributed by atoms with Crippen molar-refractivity contribution in [3.8, 4) is 0 Å². The summed E-state index contributed by atoms with van der Waals surface area (Å²) in [5.41, 5.74) is 0. The maximum atomic E-state index is 12.2. The minimum Gasteiger partial charge on any atom is -0.379 e. The molecule has 0 spiro atoms. The summed E-state index contributed by atoms with van der Waals surface area (Å²) in [5, 5.41) is 6.67. The van der Waals surface area contributed by atoms with Gasteiger partial charge < -0.3 is 25.0 Å². The molecule has 164 valence electrons. The number of nitrogens with one attached hydrogen (secondary N) is 2. The zero-order valence-corrected chi connectivity index (χ0v) is 19.9. The van der Waals surface area contributed by atoms with Crippen LogP contribution in [0.1, 0.15) is 32.1 Å². The van der Waals surface area contributed by atoms with Gasteiger partial charge in [0.15, 0.2) is 5.96 Å². The number of nitrogens with zero attached hydrogens (tertiary/aromatic N) is 3. The number of carbonyl (C=O) groups is 1. The number of ether oxygens (including phenoxy) is 2. The van der Waals surface area contributed by atoms with Gasteiger partial charge in [-0.2, -0.15) is 0 Å². The van der Waals surface area contributed by atoms with Crippen molar-refractivity contribution in [2.45, 2.75) is 44.2 Å². The molecule has 0 radical (unpaired) electrons. The topological polar surface area (TPSA) is 78.4 Å². The molecule has 2 rings (SSSR count). The van der Waals surface area contributed by atoms with Crippen molar-refractivity contribution in [3.63, 3.8) is 0 Å². The molecule has 2 saturated heterocycles. The van der Waals surface area contributed by atoms with Gasteiger partial charge in [-0.3, -0.25) is 14.7 Å². The molecule has 2 aliphatic heterocycles. The van der Waals surface area contributed by atoms with Gasteiger partial charge in [0.05, 0.1) is 18.8 Å². The lowest BCUT2D eigenvalue weighted by Gasteiger charge is -2.26. The van der Waals surface area contributed by atoms with E-state index in [1.807, 2.05) is 14.1 Å². The summed E-state index contributed by atoms with van der Waals surface area (Å²) in [6.45, 7) is 5.92. The van der Waals surface area contributed by atoms with Crippen LogP contribution in [-0.4, -0.2) is 101 Å². The fourth-order valence-electron chi connectivity index (χ4n) is 3.55. The molecule has 2 aliphatic rings. The van der Waals surface area contributed by atoms with Gasteiger partial charge in [0.25, 0.3) is 0 Å². The van der Waals surface area contributed by atoms with Gasteiger partial charge >= 0.3 is 0 Å². The summed E-state index contributed by atoms with van der Waals surface area (Å²) in [6, 6.07) is 0.0581. The number of aliphatic imine (C=N–C) groups is 1. The van der Waals surface area contributed by atoms with Gasteiger partial charge in [-0.25, -0.2) is 0 Å². The average Bonchev–Trinajstić information content (AvgIpc) is 3.34. The van der Waals surface area contributed by atoms with Gasteiger partial charge in [-0.1, -0.05) is 0 Å². The lowest BCUT2D eigenvalue weighted by molar-refractivity contribution is -0.133. The van der Waals surface area contributed by atoms with Gasteiger partial charge in [0.1, 0.15) is 0 Å². The molecule has 9 heteroatoms. The van der Waals surface area contributed by atoms with Crippen molar-refractivity contribution < 1.29 is 14.3 Å². The van der Waals surface area contributed by atoms with Crippen molar-refractivity contribution in [1.29, 1.82) is 0 Å². The van der Waals surface area contributed by atoms with Crippen molar-refractivity contribution in [1.82, 2.24) is 20.4 Å². The van der Waals surface area contributed by atoms with Crippen LogP contribution in [0.25, 0.3) is 0 Å². The highest BCUT2D eigenvalue weighted by atomic mass is 127. The number of amides is 1. The van der Waals surface area contributed by atoms with E-state index in [0.29, 0.717) is 0 Å². The van der Waals surface area contributed by atoms with Crippen molar-refractivity contribution in [2.24, 2.45) is 4.99 Å². The molecular weight excluding hydrogens is 473 g/mol. The SMILES string of the molecule is CN=C(NCCCOC1CCOC1)NCCCN1CCCC1C(=O)N(C)C.I. The average molecular weight is 511 g/mol. The number of rotatable bonds is 10. The summed E-state index contributed by atoms with van der Waals surface area (Å²) in [6.07, 6.45) is 5.30. The summed E-state index contributed by atoms with van der Waals surface area (Å²) in [5.74, 6) is 1.05. The van der Waals surface area contributed by atoms with E-state index in [0.717, 1.165) is 84.1 Å². The van der Waals surface area contributed by atoms with Crippen LogP contribution in [0, 0.1) is 0 Å². The van der Waals surface area contributed by atoms with Gasteiger partial charge in [-0.05, 0) is 38.6 Å². The maximum absolute atomic E-state index is 12.2. The third-order valence-electron chi connectivity index (χ3n) is 5.08. The van der Waals surface area contributed by atoms with Crippen LogP contribution in [0.15, 0.2) is 4.99 Å². The Bertz CT molecular complexity index is 472. The van der Waals surface area contributed by atoms with Crippen molar-refractivity contribution in [2.75, 3.05) is 67.1 Å². The first kappa shape index (κ1) is 25.4. The first-order valence-corrected chi connectivity index (χ1v) is 10.2. The van der Waals surface area contributed by atoms with E-state index in [4.69, 9.17) is 9.47 Å². The second-order valence-electron chi connectivity index (χ2n) is 7.42. The van der Waals surface area contributed by atoms with E-state index >= 15 is 0 Å². The Kier molecular flexibility index (Phi) is 13.0. The van der Waals surface area contributed by atoms with Gasteiger partial charge in [0.2, 0.25) is 5.91 Å². The first-order valence-electron chi connectivity index (χ1n) is 10.2. The van der Waals surface area contributed by atoms with E-state index in [9.17, 15) is 4.79 Å². The van der Waals surface area contributed by atoms with Crippen LogP contribution >= 0.6 is 24.0 Å². The molecule has 2 heterocycles. The molecule has 2 unspecified atom stereocenters. The first-order chi connectivity index (χ1) is 13.1. The molecule has 0 bridgehead atoms. The van der Waals surface area contributed by atoms with Crippen LogP contribution in [0.5, 0.6) is 0 Å². The number of halogens is 1. The smallest absolute Gasteiger partial charge is 0.239 e. The van der Waals surface area contributed by atoms with Crippen molar-refractivity contribution >= 4 is 35.8 Å². The van der Waals surface area contributed by atoms with Crippen LogP contribution in [0.3, 0.4) is 0 Å². The number of hydrogen-bond donors (Lipinski definition) is 2. The molecule has 8 nitrogen and oxygen atoms in total. The van der Waals surface area contributed by atoms with Crippen LogP contribution in [0.2, 0.25) is 0 Å². The normalized spacial score (nSPS) is 22.8. The zero-order valence-electron chi connectivity index (χ0n) is 17.6. The standard InChI is InChI=1S/C19H37N5O3.HI/c1-20-19(22-10-6-13-27-16-8-14-26-15-16)21-9-5-12-24-11-4-7-17(24)18(25)23(2)3;/h16-17H,4-15H2,1-3H3,(H2,20,21,22);1H. The number of guanidine groups is 1. The number of carbonyl (C=O) groups excluding carboxylic acids is 1. The Morgan fingerprint density at radius 3 is 2.64 bits per heavy atom. The molecule has 2 atom stereocenters. The Labute approximate surface area is 186 Å². The lowest BCUT2D eigenvalue weighted by Crippen LogP contribution is -2.44. The number of likely N-dealkylation sites (tertiary alicyclic amines) is 1. The van der Waals surface area contributed by atoms with E-state index in [-0.39, 0.29) is 42.0 Å². The molecule has 0 aliphatic carbocycles. The maximum Gasteiger partial charge on any atom is 0.239 e. The van der Waals surface area contributed by atoms with E-state index in [2.05, 4.69) is 20.5 Å². The molecular formula is C19H38IN5O3. The van der Waals surface area contributed by atoms with Crippen LogP contribution in [-0.2, 0) is 14.3 Å². The second kappa shape index (κ2) is 14.4. The predicted octanol–water partition coefficient (Wildman–Crippen LogP) is 0.908. The van der Waals surface area contributed by atoms with Gasteiger partial charge in [0, 0.05) is 54.0 Å². The summed E-state index contributed by atoms with van der Waals surface area (Å²) >= 11 is 0. The molecule has 0 aromatic heterocycles. The van der Waals surface area contributed by atoms with Crippen LogP contribution < -0.4 is 10.6 Å². The minimum absolute atomic E-state index is 0. The Morgan fingerprint density at radius 1 is 1.25 bits per heavy atom. The molecule has 2 N–H and O–H groups in total. The monoisotopic (exact) mass is 511 g/mol. The minimum atomic E-state index is 0. The highest BCUT2D eigenvalue weighted by Gasteiger charge is 2.30. The molecule has 2 fully saturated rings. The fourth-order valence-corrected chi connectivity index (χ4v) is 3.55. The van der Waals surface area contributed by atoms with E-state index in [1.54, 1.807) is 11.9 Å². The van der Waals surface area contributed by atoms with Crippen molar-refractivity contribution in [3.05, 3.63) is 0 Å². The zero-order chi connectivity index (χ0) is 19.5. The Hall–Kier alpha value is -0.650. The summed E-state index contributed by atoms with van der Waals surface area (Å²) in [7, 11) is 5.46. The van der Waals surface area contributed by atoms with E-state index < -0.39 is 0 Å². The summed E-state index contributed by atoms with van der Waals surface area (Å²) in [4.78, 5) is 20.5. The largest absolute Gasteiger partial charge is 0.379 e. The Balaban J connectivity index is 0.00000392. The summed E-state index contributed by atoms with van der Waals surface area (Å²) < 4.78 is 11.1. The highest BCUT2D eigenvalue weighted by molar-refractivity contribution is 14.0. The van der Waals surface area contributed by atoms with Gasteiger partial charge in [-0.15, -0.1) is 24.0 Å². The highest BCUT2D eigenvalue weighted by Crippen LogP contribution is 2.18. The lowest BCUT2D eigenvalue weighted by atomic mass is 10.2. The second-order valence-corrected chi connectivity index (χ2v) is 7.42. The van der Waals surface area contributed by atoms with Crippen LogP contribution in [0.4, 0.5) is 0 Å². The molecule has 1 amide bonds. The third-order valence-corrected chi connectivity index (χ3v) is 5.08. The number of likely N-dealkylation sites (N-methyl/N-ethyl adjacent to an activating group) is 1. The van der Waals surface area contributed by atoms with E-state index in [1.165, 1.54) is 0 Å². The quantitative estimate of drug-likeness (QED) is 0.197. The third kappa shape index (κ3) is 8.79. The molecule has 0 aromatic carbocycles. The molecule has 28 heavy (non-hydrogen) atoms.